The third-order valence-electron chi connectivity index (χ3n) is 1.57. The monoisotopic (exact) mass is 354 g/mol. The summed E-state index contributed by atoms with van der Waals surface area (Å²) in [6, 6.07) is 0. The Balaban J connectivity index is 4.74. The zero-order valence-corrected chi connectivity index (χ0v) is 9.21. The van der Waals surface area contributed by atoms with Crippen LogP contribution in [0.4, 0.5) is 30.7 Å². The Labute approximate surface area is 94.1 Å². The Hall–Kier alpha value is 0.200. The fourth-order valence-electron chi connectivity index (χ4n) is 0.712. The molecule has 0 bridgehead atoms. The molecule has 0 aliphatic heterocycles. The van der Waals surface area contributed by atoms with E-state index in [1.807, 2.05) is 0 Å². The van der Waals surface area contributed by atoms with Crippen LogP contribution < -0.4 is 0 Å². The van der Waals surface area contributed by atoms with Gasteiger partial charge in [-0.25, -0.2) is 4.39 Å². The van der Waals surface area contributed by atoms with Crippen LogP contribution in [0.1, 0.15) is 6.42 Å². The van der Waals surface area contributed by atoms with Crippen molar-refractivity contribution in [1.82, 2.24) is 0 Å². The fraction of sp³-hybridized carbons (Fsp3) is 1.00. The summed E-state index contributed by atoms with van der Waals surface area (Å²) in [6.07, 6.45) is -13.8. The highest BCUT2D eigenvalue weighted by Crippen LogP contribution is 2.48. The molecule has 0 unspecified atom stereocenters. The minimum Gasteiger partial charge on any atom is -0.371 e. The standard InChI is InChI=1S/C6H6F7IO/c7-4(5(8,9)10,6(11,12)13)1-2-15-3-14/h1-3H2. The number of rotatable bonds is 4. The lowest BCUT2D eigenvalue weighted by atomic mass is 10.0. The summed E-state index contributed by atoms with van der Waals surface area (Å²) in [5.41, 5.74) is -5.20. The van der Waals surface area contributed by atoms with Crippen LogP contribution >= 0.6 is 22.6 Å². The zero-order valence-electron chi connectivity index (χ0n) is 7.05. The number of alkyl halides is 8. The number of halogens is 8. The van der Waals surface area contributed by atoms with Gasteiger partial charge in [0.05, 0.1) is 11.2 Å². The summed E-state index contributed by atoms with van der Waals surface area (Å²) in [5.74, 6) is 0. The van der Waals surface area contributed by atoms with Crippen molar-refractivity contribution in [2.45, 2.75) is 24.4 Å². The highest BCUT2D eigenvalue weighted by atomic mass is 127. The highest BCUT2D eigenvalue weighted by molar-refractivity contribution is 14.1. The fourth-order valence-corrected chi connectivity index (χ4v) is 1.02. The van der Waals surface area contributed by atoms with E-state index in [9.17, 15) is 30.7 Å². The lowest BCUT2D eigenvalue weighted by Gasteiger charge is -2.29. The van der Waals surface area contributed by atoms with Crippen molar-refractivity contribution >= 4 is 22.6 Å². The van der Waals surface area contributed by atoms with E-state index in [0.717, 1.165) is 0 Å². The van der Waals surface area contributed by atoms with Gasteiger partial charge in [-0.1, -0.05) is 22.6 Å². The van der Waals surface area contributed by atoms with Crippen LogP contribution in [0.2, 0.25) is 0 Å². The quantitative estimate of drug-likeness (QED) is 0.324. The molecule has 0 aromatic carbocycles. The molecule has 0 spiro atoms. The molecule has 0 heterocycles. The van der Waals surface area contributed by atoms with Gasteiger partial charge in [0, 0.05) is 6.42 Å². The van der Waals surface area contributed by atoms with Crippen molar-refractivity contribution in [2.75, 3.05) is 11.2 Å². The van der Waals surface area contributed by atoms with Crippen molar-refractivity contribution in [3.05, 3.63) is 0 Å². The van der Waals surface area contributed by atoms with E-state index in [1.165, 1.54) is 0 Å². The molecule has 9 heteroatoms. The second kappa shape index (κ2) is 5.02. The number of ether oxygens (including phenoxy) is 1. The lowest BCUT2D eigenvalue weighted by Crippen LogP contribution is -2.53. The van der Waals surface area contributed by atoms with E-state index in [0.29, 0.717) is 0 Å². The predicted octanol–water partition coefficient (Wildman–Crippen LogP) is 3.62. The van der Waals surface area contributed by atoms with E-state index >= 15 is 0 Å². The smallest absolute Gasteiger partial charge is 0.371 e. The molecule has 0 fully saturated rings. The number of hydrogen-bond acceptors (Lipinski definition) is 1. The third-order valence-corrected chi connectivity index (χ3v) is 2.01. The van der Waals surface area contributed by atoms with Gasteiger partial charge in [-0.2, -0.15) is 26.3 Å². The molecule has 0 amide bonds. The first-order valence-electron chi connectivity index (χ1n) is 3.52. The predicted molar refractivity (Wildman–Crippen MR) is 45.4 cm³/mol. The van der Waals surface area contributed by atoms with Crippen molar-refractivity contribution in [2.24, 2.45) is 0 Å². The largest absolute Gasteiger partial charge is 0.431 e. The van der Waals surface area contributed by atoms with Crippen LogP contribution in [0.15, 0.2) is 0 Å². The average Bonchev–Trinajstić information content (AvgIpc) is 2.00. The molecule has 0 atom stereocenters. The maximum atomic E-state index is 12.8. The Kier molecular flexibility index (Phi) is 5.09. The molecule has 0 radical (unpaired) electrons. The second-order valence-corrected chi connectivity index (χ2v) is 3.19. The summed E-state index contributed by atoms with van der Waals surface area (Å²) in [4.78, 5) is 0. The third kappa shape index (κ3) is 3.61. The summed E-state index contributed by atoms with van der Waals surface area (Å²) in [5, 5.41) is 0. The van der Waals surface area contributed by atoms with Crippen LogP contribution in [0.5, 0.6) is 0 Å². The summed E-state index contributed by atoms with van der Waals surface area (Å²) in [7, 11) is 0. The SMILES string of the molecule is FC(F)(F)C(F)(CCOCI)C(F)(F)F. The first-order chi connectivity index (χ1) is 6.56. The Morgan fingerprint density at radius 3 is 1.53 bits per heavy atom. The van der Waals surface area contributed by atoms with Crippen LogP contribution in [0, 0.1) is 0 Å². The first-order valence-corrected chi connectivity index (χ1v) is 5.05. The second-order valence-electron chi connectivity index (χ2n) is 2.56. The van der Waals surface area contributed by atoms with Crippen molar-refractivity contribution in [1.29, 1.82) is 0 Å². The molecule has 0 rings (SSSR count). The van der Waals surface area contributed by atoms with Gasteiger partial charge in [0.1, 0.15) is 0 Å². The number of hydrogen-bond donors (Lipinski definition) is 0. The van der Waals surface area contributed by atoms with E-state index < -0.39 is 31.0 Å². The molecule has 0 aliphatic carbocycles. The van der Waals surface area contributed by atoms with Gasteiger partial charge in [-0.3, -0.25) is 0 Å². The van der Waals surface area contributed by atoms with Gasteiger partial charge in [-0.05, 0) is 0 Å². The van der Waals surface area contributed by atoms with Gasteiger partial charge in [0.15, 0.2) is 0 Å². The van der Waals surface area contributed by atoms with Crippen molar-refractivity contribution < 1.29 is 35.5 Å². The zero-order chi connectivity index (χ0) is 12.3. The molecule has 0 saturated carbocycles. The molecular weight excluding hydrogens is 348 g/mol. The molecule has 15 heavy (non-hydrogen) atoms. The molecule has 0 saturated heterocycles. The lowest BCUT2D eigenvalue weighted by molar-refractivity contribution is -0.344. The van der Waals surface area contributed by atoms with Crippen LogP contribution in [-0.2, 0) is 4.74 Å². The average molecular weight is 354 g/mol. The van der Waals surface area contributed by atoms with Crippen LogP contribution in [-0.4, -0.2) is 29.2 Å². The van der Waals surface area contributed by atoms with E-state index in [1.54, 1.807) is 22.6 Å². The molecular formula is C6H6F7IO. The molecule has 0 aromatic rings. The molecule has 0 N–H and O–H groups in total. The molecule has 1 nitrogen and oxygen atoms in total. The maximum absolute atomic E-state index is 12.8. The van der Waals surface area contributed by atoms with Gasteiger partial charge < -0.3 is 4.74 Å². The Morgan fingerprint density at radius 2 is 1.27 bits per heavy atom. The molecule has 92 valence electrons. The minimum absolute atomic E-state index is 0.108. The van der Waals surface area contributed by atoms with Crippen molar-refractivity contribution in [3.8, 4) is 0 Å². The Morgan fingerprint density at radius 1 is 0.867 bits per heavy atom. The van der Waals surface area contributed by atoms with Crippen LogP contribution in [0.25, 0.3) is 0 Å². The minimum atomic E-state index is -5.99. The van der Waals surface area contributed by atoms with Gasteiger partial charge in [-0.15, -0.1) is 0 Å². The summed E-state index contributed by atoms with van der Waals surface area (Å²) >= 11 is 1.57. The first kappa shape index (κ1) is 15.2. The topological polar surface area (TPSA) is 9.23 Å². The molecule has 0 aliphatic rings. The maximum Gasteiger partial charge on any atom is 0.431 e. The van der Waals surface area contributed by atoms with Gasteiger partial charge in [0.25, 0.3) is 0 Å². The van der Waals surface area contributed by atoms with Gasteiger partial charge in [0.2, 0.25) is 0 Å². The van der Waals surface area contributed by atoms with Gasteiger partial charge >= 0.3 is 18.0 Å². The normalized spacial score (nSPS) is 14.4. The summed E-state index contributed by atoms with van der Waals surface area (Å²) in [6.45, 7) is -0.946. The van der Waals surface area contributed by atoms with Crippen LogP contribution in [0.3, 0.4) is 0 Å². The van der Waals surface area contributed by atoms with E-state index in [2.05, 4.69) is 4.74 Å². The van der Waals surface area contributed by atoms with E-state index in [-0.39, 0.29) is 4.61 Å². The molecule has 0 aromatic heterocycles. The highest BCUT2D eigenvalue weighted by Gasteiger charge is 2.71. The van der Waals surface area contributed by atoms with Crippen molar-refractivity contribution in [3.63, 3.8) is 0 Å². The van der Waals surface area contributed by atoms with E-state index in [4.69, 9.17) is 0 Å². The Bertz CT molecular complexity index is 185. The summed E-state index contributed by atoms with van der Waals surface area (Å²) < 4.78 is 88.2.